The summed E-state index contributed by atoms with van der Waals surface area (Å²) in [7, 11) is 1.23. The monoisotopic (exact) mass is 266 g/mol. The summed E-state index contributed by atoms with van der Waals surface area (Å²) in [5.74, 6) is -0.953. The summed E-state index contributed by atoms with van der Waals surface area (Å²) in [6, 6.07) is 5.02. The van der Waals surface area contributed by atoms with Crippen LogP contribution in [0, 0.1) is 10.1 Å². The van der Waals surface area contributed by atoms with E-state index in [9.17, 15) is 19.7 Å². The van der Waals surface area contributed by atoms with E-state index in [1.807, 2.05) is 0 Å². The molecule has 0 radical (unpaired) electrons. The van der Waals surface area contributed by atoms with Crippen LogP contribution in [0.2, 0.25) is 0 Å². The number of non-ortho nitro benzene ring substituents is 1. The van der Waals surface area contributed by atoms with Gasteiger partial charge in [0.25, 0.3) is 5.69 Å². The third kappa shape index (κ3) is 4.38. The summed E-state index contributed by atoms with van der Waals surface area (Å²) in [6.07, 6.45) is -0.0387. The molecule has 1 atom stereocenters. The van der Waals surface area contributed by atoms with Gasteiger partial charge in [0, 0.05) is 12.1 Å². The predicted molar refractivity (Wildman–Crippen MR) is 66.4 cm³/mol. The summed E-state index contributed by atoms with van der Waals surface area (Å²) in [4.78, 5) is 32.8. The Morgan fingerprint density at radius 1 is 1.47 bits per heavy atom. The standard InChI is InChI=1S/C12H14N2O5/c1-8(12(16)19-2)13-11(15)7-9-4-3-5-10(6-9)14(17)18/h3-6,8H,7H2,1-2H3,(H,13,15)/t8-/m1/s1. The van der Waals surface area contributed by atoms with Gasteiger partial charge in [-0.05, 0) is 12.5 Å². The molecule has 19 heavy (non-hydrogen) atoms. The second-order valence-corrected chi connectivity index (χ2v) is 3.92. The van der Waals surface area contributed by atoms with Gasteiger partial charge in [-0.15, -0.1) is 0 Å². The Balaban J connectivity index is 2.64. The van der Waals surface area contributed by atoms with Crippen LogP contribution >= 0.6 is 0 Å². The van der Waals surface area contributed by atoms with Gasteiger partial charge < -0.3 is 10.1 Å². The van der Waals surface area contributed by atoms with Gasteiger partial charge in [-0.1, -0.05) is 12.1 Å². The van der Waals surface area contributed by atoms with Crippen molar-refractivity contribution in [3.63, 3.8) is 0 Å². The fourth-order valence-corrected chi connectivity index (χ4v) is 1.49. The molecule has 1 aromatic carbocycles. The Bertz CT molecular complexity index is 501. The summed E-state index contributed by atoms with van der Waals surface area (Å²) in [5.41, 5.74) is 0.426. The highest BCUT2D eigenvalue weighted by Crippen LogP contribution is 2.13. The van der Waals surface area contributed by atoms with Crippen molar-refractivity contribution >= 4 is 17.6 Å². The Morgan fingerprint density at radius 2 is 2.16 bits per heavy atom. The maximum atomic E-state index is 11.6. The van der Waals surface area contributed by atoms with E-state index in [0.717, 1.165) is 0 Å². The third-order valence-corrected chi connectivity index (χ3v) is 2.42. The number of nitro groups is 1. The Kier molecular flexibility index (Phi) is 4.99. The molecule has 0 aliphatic carbocycles. The maximum Gasteiger partial charge on any atom is 0.328 e. The zero-order valence-corrected chi connectivity index (χ0v) is 10.6. The van der Waals surface area contributed by atoms with Gasteiger partial charge in [0.05, 0.1) is 18.5 Å². The lowest BCUT2D eigenvalue weighted by Gasteiger charge is -2.11. The SMILES string of the molecule is COC(=O)[C@@H](C)NC(=O)Cc1cccc([N+](=O)[O-])c1. The maximum absolute atomic E-state index is 11.6. The number of hydrogen-bond donors (Lipinski definition) is 1. The van der Waals surface area contributed by atoms with Gasteiger partial charge in [0.2, 0.25) is 5.91 Å². The largest absolute Gasteiger partial charge is 0.467 e. The topological polar surface area (TPSA) is 98.5 Å². The number of hydrogen-bond acceptors (Lipinski definition) is 5. The Hall–Kier alpha value is -2.44. The van der Waals surface area contributed by atoms with Crippen LogP contribution in [0.25, 0.3) is 0 Å². The van der Waals surface area contributed by atoms with E-state index >= 15 is 0 Å². The minimum absolute atomic E-state index is 0.0387. The van der Waals surface area contributed by atoms with Crippen LogP contribution in [0.4, 0.5) is 5.69 Å². The van der Waals surface area contributed by atoms with E-state index in [1.54, 1.807) is 6.07 Å². The number of methoxy groups -OCH3 is 1. The number of nitrogens with one attached hydrogen (secondary N) is 1. The summed E-state index contributed by atoms with van der Waals surface area (Å²) in [5, 5.41) is 13.0. The molecule has 1 rings (SSSR count). The molecule has 1 amide bonds. The zero-order chi connectivity index (χ0) is 14.4. The van der Waals surface area contributed by atoms with Gasteiger partial charge in [0.15, 0.2) is 0 Å². The number of esters is 1. The average molecular weight is 266 g/mol. The molecule has 0 heterocycles. The number of nitro benzene ring substituents is 1. The molecule has 0 aliphatic heterocycles. The van der Waals surface area contributed by atoms with E-state index in [1.165, 1.54) is 32.2 Å². The van der Waals surface area contributed by atoms with Gasteiger partial charge in [0.1, 0.15) is 6.04 Å². The quantitative estimate of drug-likeness (QED) is 0.483. The molecule has 0 saturated heterocycles. The van der Waals surface area contributed by atoms with E-state index in [-0.39, 0.29) is 12.1 Å². The van der Waals surface area contributed by atoms with Gasteiger partial charge >= 0.3 is 5.97 Å². The van der Waals surface area contributed by atoms with Gasteiger partial charge in [-0.2, -0.15) is 0 Å². The van der Waals surface area contributed by atoms with Crippen molar-refractivity contribution < 1.29 is 19.2 Å². The number of rotatable bonds is 5. The van der Waals surface area contributed by atoms with Crippen LogP contribution in [0.1, 0.15) is 12.5 Å². The zero-order valence-electron chi connectivity index (χ0n) is 10.6. The number of carbonyl (C=O) groups excluding carboxylic acids is 2. The first-order chi connectivity index (χ1) is 8.93. The van der Waals surface area contributed by atoms with Crippen molar-refractivity contribution in [1.29, 1.82) is 0 Å². The molecular formula is C12H14N2O5. The molecule has 7 heteroatoms. The van der Waals surface area contributed by atoms with Crippen molar-refractivity contribution in [2.24, 2.45) is 0 Å². The first-order valence-corrected chi connectivity index (χ1v) is 5.54. The number of ether oxygens (including phenoxy) is 1. The number of carbonyl (C=O) groups is 2. The predicted octanol–water partition coefficient (Wildman–Crippen LogP) is 0.815. The fraction of sp³-hybridized carbons (Fsp3) is 0.333. The molecule has 0 fully saturated rings. The molecule has 0 aliphatic rings. The first-order valence-electron chi connectivity index (χ1n) is 5.54. The van der Waals surface area contributed by atoms with Crippen LogP contribution in [0.3, 0.4) is 0 Å². The van der Waals surface area contributed by atoms with Gasteiger partial charge in [-0.3, -0.25) is 14.9 Å². The van der Waals surface area contributed by atoms with Crippen LogP contribution in [-0.2, 0) is 20.7 Å². The molecule has 0 unspecified atom stereocenters. The normalized spacial score (nSPS) is 11.5. The van der Waals surface area contributed by atoms with Crippen LogP contribution in [0.5, 0.6) is 0 Å². The number of nitrogens with zero attached hydrogens (tertiary/aromatic N) is 1. The molecule has 0 bridgehead atoms. The van der Waals surface area contributed by atoms with Crippen molar-refractivity contribution in [3.05, 3.63) is 39.9 Å². The highest BCUT2D eigenvalue weighted by molar-refractivity contribution is 5.85. The first kappa shape index (κ1) is 14.6. The smallest absolute Gasteiger partial charge is 0.328 e. The molecule has 1 aromatic rings. The van der Waals surface area contributed by atoms with Crippen LogP contribution < -0.4 is 5.32 Å². The second-order valence-electron chi connectivity index (χ2n) is 3.92. The number of amides is 1. The molecule has 102 valence electrons. The minimum Gasteiger partial charge on any atom is -0.467 e. The third-order valence-electron chi connectivity index (χ3n) is 2.42. The van der Waals surface area contributed by atoms with E-state index in [0.29, 0.717) is 5.56 Å². The van der Waals surface area contributed by atoms with Gasteiger partial charge in [-0.25, -0.2) is 4.79 Å². The highest BCUT2D eigenvalue weighted by atomic mass is 16.6. The summed E-state index contributed by atoms with van der Waals surface area (Å²) >= 11 is 0. The Labute approximate surface area is 109 Å². The van der Waals surface area contributed by atoms with Crippen molar-refractivity contribution in [3.8, 4) is 0 Å². The average Bonchev–Trinajstić information content (AvgIpc) is 2.37. The molecule has 0 spiro atoms. The second kappa shape index (κ2) is 6.48. The van der Waals surface area contributed by atoms with Crippen LogP contribution in [-0.4, -0.2) is 30.0 Å². The Morgan fingerprint density at radius 3 is 2.74 bits per heavy atom. The molecule has 0 aromatic heterocycles. The molecular weight excluding hydrogens is 252 g/mol. The van der Waals surface area contributed by atoms with Crippen molar-refractivity contribution in [1.82, 2.24) is 5.32 Å². The van der Waals surface area contributed by atoms with E-state index < -0.39 is 22.8 Å². The number of benzene rings is 1. The minimum atomic E-state index is -0.754. The van der Waals surface area contributed by atoms with Crippen molar-refractivity contribution in [2.45, 2.75) is 19.4 Å². The molecule has 1 N–H and O–H groups in total. The van der Waals surface area contributed by atoms with Crippen LogP contribution in [0.15, 0.2) is 24.3 Å². The lowest BCUT2D eigenvalue weighted by molar-refractivity contribution is -0.384. The summed E-state index contributed by atoms with van der Waals surface area (Å²) in [6.45, 7) is 1.50. The fourth-order valence-electron chi connectivity index (χ4n) is 1.49. The summed E-state index contributed by atoms with van der Waals surface area (Å²) < 4.78 is 4.47. The van der Waals surface area contributed by atoms with Crippen molar-refractivity contribution in [2.75, 3.05) is 7.11 Å². The lowest BCUT2D eigenvalue weighted by Crippen LogP contribution is -2.39. The van der Waals surface area contributed by atoms with E-state index in [4.69, 9.17) is 0 Å². The lowest BCUT2D eigenvalue weighted by atomic mass is 10.1. The highest BCUT2D eigenvalue weighted by Gasteiger charge is 2.16. The van der Waals surface area contributed by atoms with E-state index in [2.05, 4.69) is 10.1 Å². The molecule has 7 nitrogen and oxygen atoms in total. The molecule has 0 saturated carbocycles.